The summed E-state index contributed by atoms with van der Waals surface area (Å²) in [7, 11) is 1.33. The minimum atomic E-state index is -1.52. The number of methoxy groups -OCH3 is 1. The van der Waals surface area contributed by atoms with E-state index in [0.717, 1.165) is 0 Å². The van der Waals surface area contributed by atoms with Crippen molar-refractivity contribution in [3.8, 4) is 28.7 Å². The summed E-state index contributed by atoms with van der Waals surface area (Å²) in [5, 5.41) is 38.9. The van der Waals surface area contributed by atoms with Crippen LogP contribution < -0.4 is 9.47 Å². The van der Waals surface area contributed by atoms with Crippen molar-refractivity contribution >= 4 is 5.78 Å². The van der Waals surface area contributed by atoms with Gasteiger partial charge in [0, 0.05) is 12.1 Å². The van der Waals surface area contributed by atoms with Crippen LogP contribution in [0.4, 0.5) is 0 Å². The van der Waals surface area contributed by atoms with Crippen molar-refractivity contribution < 1.29 is 34.7 Å². The summed E-state index contributed by atoms with van der Waals surface area (Å²) < 4.78 is 10.7. The normalized spacial score (nSPS) is 19.8. The Morgan fingerprint density at radius 2 is 1.83 bits per heavy atom. The predicted molar refractivity (Wildman–Crippen MR) is 78.1 cm³/mol. The number of Topliss-reactive ketones (excluding diaryl/α,β-unsaturated/α-hetero) is 1. The number of hydrogen-bond acceptors (Lipinski definition) is 7. The van der Waals surface area contributed by atoms with E-state index >= 15 is 0 Å². The van der Waals surface area contributed by atoms with Crippen LogP contribution in [-0.4, -0.2) is 39.4 Å². The molecule has 0 radical (unpaired) electrons. The zero-order valence-electron chi connectivity index (χ0n) is 12.1. The fraction of sp³-hybridized carbons (Fsp3) is 0.188. The van der Waals surface area contributed by atoms with E-state index in [2.05, 4.69) is 0 Å². The number of carbonyl (C=O) groups excluding carboxylic acids is 1. The van der Waals surface area contributed by atoms with Gasteiger partial charge in [-0.2, -0.15) is 0 Å². The quantitative estimate of drug-likeness (QED) is 0.620. The molecule has 0 saturated heterocycles. The predicted octanol–water partition coefficient (Wildman–Crippen LogP) is 1.49. The van der Waals surface area contributed by atoms with Crippen LogP contribution in [0.5, 0.6) is 28.7 Å². The summed E-state index contributed by atoms with van der Waals surface area (Å²) in [6.45, 7) is 0. The Hall–Kier alpha value is -2.93. The largest absolute Gasteiger partial charge is 0.508 e. The van der Waals surface area contributed by atoms with Crippen LogP contribution in [0.15, 0.2) is 30.3 Å². The van der Waals surface area contributed by atoms with Gasteiger partial charge in [0.15, 0.2) is 23.7 Å². The van der Waals surface area contributed by atoms with E-state index < -0.39 is 23.7 Å². The molecule has 23 heavy (non-hydrogen) atoms. The van der Waals surface area contributed by atoms with Crippen molar-refractivity contribution in [3.63, 3.8) is 0 Å². The first kappa shape index (κ1) is 15.0. The van der Waals surface area contributed by atoms with Crippen molar-refractivity contribution in [1.29, 1.82) is 0 Å². The molecule has 2 aromatic rings. The highest BCUT2D eigenvalue weighted by Gasteiger charge is 2.39. The number of carbonyl (C=O) groups is 1. The molecular weight excluding hydrogens is 304 g/mol. The number of aliphatic hydroxyl groups is 1. The minimum Gasteiger partial charge on any atom is -0.508 e. The molecule has 0 saturated carbocycles. The molecule has 3 rings (SSSR count). The van der Waals surface area contributed by atoms with Crippen molar-refractivity contribution in [2.24, 2.45) is 0 Å². The first-order valence-corrected chi connectivity index (χ1v) is 6.74. The molecular formula is C16H14O7. The Balaban J connectivity index is 2.09. The number of ether oxygens (including phenoxy) is 2. The van der Waals surface area contributed by atoms with Gasteiger partial charge in [-0.3, -0.25) is 4.79 Å². The maximum absolute atomic E-state index is 12.4. The molecule has 0 bridgehead atoms. The molecule has 0 aromatic heterocycles. The molecule has 7 nitrogen and oxygen atoms in total. The molecule has 2 aromatic carbocycles. The van der Waals surface area contributed by atoms with Crippen LogP contribution >= 0.6 is 0 Å². The third-order valence-electron chi connectivity index (χ3n) is 3.65. The molecule has 120 valence electrons. The summed E-state index contributed by atoms with van der Waals surface area (Å²) in [6, 6.07) is 6.33. The molecule has 1 aliphatic heterocycles. The number of ketones is 1. The molecule has 2 atom stereocenters. The van der Waals surface area contributed by atoms with E-state index in [-0.39, 0.29) is 28.6 Å². The lowest BCUT2D eigenvalue weighted by molar-refractivity contribution is 0.0209. The SMILES string of the molecule is COc1cc(O)cc2c1C(=O)[C@@H](O)[C@H](c1ccc(O)c(O)c1)O2. The van der Waals surface area contributed by atoms with Gasteiger partial charge in [0.05, 0.1) is 7.11 Å². The molecule has 7 heteroatoms. The molecule has 4 N–H and O–H groups in total. The third kappa shape index (κ3) is 2.40. The smallest absolute Gasteiger partial charge is 0.202 e. The molecule has 0 unspecified atom stereocenters. The molecule has 1 heterocycles. The highest BCUT2D eigenvalue weighted by atomic mass is 16.5. The van der Waals surface area contributed by atoms with Crippen LogP contribution in [0.2, 0.25) is 0 Å². The third-order valence-corrected chi connectivity index (χ3v) is 3.65. The Labute approximate surface area is 131 Å². The van der Waals surface area contributed by atoms with Gasteiger partial charge in [-0.1, -0.05) is 6.07 Å². The number of hydrogen-bond donors (Lipinski definition) is 4. The first-order valence-electron chi connectivity index (χ1n) is 6.74. The second-order valence-electron chi connectivity index (χ2n) is 5.12. The summed E-state index contributed by atoms with van der Waals surface area (Å²) in [5.74, 6) is -1.35. The van der Waals surface area contributed by atoms with Gasteiger partial charge in [0.25, 0.3) is 0 Å². The Bertz CT molecular complexity index is 784. The number of benzene rings is 2. The number of rotatable bonds is 2. The Kier molecular flexibility index (Phi) is 3.49. The fourth-order valence-electron chi connectivity index (χ4n) is 2.53. The number of phenols is 3. The zero-order chi connectivity index (χ0) is 16.7. The van der Waals surface area contributed by atoms with Gasteiger partial charge >= 0.3 is 0 Å². The molecule has 0 fully saturated rings. The zero-order valence-corrected chi connectivity index (χ0v) is 12.1. The first-order chi connectivity index (χ1) is 10.9. The van der Waals surface area contributed by atoms with Crippen LogP contribution in [0.3, 0.4) is 0 Å². The fourth-order valence-corrected chi connectivity index (χ4v) is 2.53. The number of phenolic OH excluding ortho intramolecular Hbond substituents is 3. The monoisotopic (exact) mass is 318 g/mol. The number of aromatic hydroxyl groups is 3. The van der Waals surface area contributed by atoms with Crippen molar-refractivity contribution in [2.45, 2.75) is 12.2 Å². The lowest BCUT2D eigenvalue weighted by Crippen LogP contribution is -2.36. The highest BCUT2D eigenvalue weighted by molar-refractivity contribution is 6.05. The van der Waals surface area contributed by atoms with Crippen molar-refractivity contribution in [3.05, 3.63) is 41.5 Å². The second-order valence-corrected chi connectivity index (χ2v) is 5.12. The minimum absolute atomic E-state index is 0.0389. The molecule has 0 aliphatic carbocycles. The van der Waals surface area contributed by atoms with Gasteiger partial charge < -0.3 is 29.9 Å². The maximum atomic E-state index is 12.4. The summed E-state index contributed by atoms with van der Waals surface area (Å²) in [5.41, 5.74) is 0.339. The van der Waals surface area contributed by atoms with E-state index in [1.807, 2.05) is 0 Å². The van der Waals surface area contributed by atoms with E-state index in [9.17, 15) is 25.2 Å². The van der Waals surface area contributed by atoms with E-state index in [1.54, 1.807) is 0 Å². The van der Waals surface area contributed by atoms with Crippen molar-refractivity contribution in [2.75, 3.05) is 7.11 Å². The number of aliphatic hydroxyl groups excluding tert-OH is 1. The highest BCUT2D eigenvalue weighted by Crippen LogP contribution is 2.43. The average Bonchev–Trinajstić information content (AvgIpc) is 2.52. The standard InChI is InChI=1S/C16H14O7/c1-22-11-5-8(17)6-12-13(11)14(20)15(21)16(23-12)7-2-3-9(18)10(19)4-7/h2-6,15-19,21H,1H3/t15-,16+/m1/s1. The van der Waals surface area contributed by atoms with Crippen LogP contribution in [0.1, 0.15) is 22.0 Å². The maximum Gasteiger partial charge on any atom is 0.202 e. The Morgan fingerprint density at radius 3 is 2.48 bits per heavy atom. The van der Waals surface area contributed by atoms with Crippen LogP contribution in [-0.2, 0) is 0 Å². The lowest BCUT2D eigenvalue weighted by atomic mass is 9.92. The van der Waals surface area contributed by atoms with Gasteiger partial charge in [0.2, 0.25) is 5.78 Å². The van der Waals surface area contributed by atoms with Crippen LogP contribution in [0.25, 0.3) is 0 Å². The van der Waals surface area contributed by atoms with Crippen molar-refractivity contribution in [1.82, 2.24) is 0 Å². The topological polar surface area (TPSA) is 116 Å². The van der Waals surface area contributed by atoms with Gasteiger partial charge in [-0.15, -0.1) is 0 Å². The number of fused-ring (bicyclic) bond motifs is 1. The van der Waals surface area contributed by atoms with E-state index in [1.165, 1.54) is 37.4 Å². The second kappa shape index (κ2) is 5.36. The average molecular weight is 318 g/mol. The lowest BCUT2D eigenvalue weighted by Gasteiger charge is -2.30. The van der Waals surface area contributed by atoms with E-state index in [0.29, 0.717) is 5.56 Å². The summed E-state index contributed by atoms with van der Waals surface area (Å²) >= 11 is 0. The Morgan fingerprint density at radius 1 is 1.09 bits per heavy atom. The summed E-state index contributed by atoms with van der Waals surface area (Å²) in [4.78, 5) is 12.4. The van der Waals surface area contributed by atoms with Gasteiger partial charge in [-0.25, -0.2) is 0 Å². The van der Waals surface area contributed by atoms with Gasteiger partial charge in [0.1, 0.15) is 22.8 Å². The molecule has 0 amide bonds. The van der Waals surface area contributed by atoms with Crippen LogP contribution in [0, 0.1) is 0 Å². The summed E-state index contributed by atoms with van der Waals surface area (Å²) in [6.07, 6.45) is -2.61. The van der Waals surface area contributed by atoms with E-state index in [4.69, 9.17) is 9.47 Å². The molecule has 1 aliphatic rings. The molecule has 0 spiro atoms. The van der Waals surface area contributed by atoms with Gasteiger partial charge in [-0.05, 0) is 17.7 Å².